The molecule has 2 amide bonds. The van der Waals surface area contributed by atoms with Gasteiger partial charge in [0.25, 0.3) is 0 Å². The number of hydrogen-bond donors (Lipinski definition) is 2. The molecule has 0 aliphatic carbocycles. The van der Waals surface area contributed by atoms with E-state index in [0.717, 1.165) is 38.5 Å². The van der Waals surface area contributed by atoms with Gasteiger partial charge >= 0.3 is 6.03 Å². The van der Waals surface area contributed by atoms with Gasteiger partial charge in [-0.05, 0) is 38.6 Å². The van der Waals surface area contributed by atoms with Gasteiger partial charge in [-0.1, -0.05) is 20.3 Å². The van der Waals surface area contributed by atoms with Crippen LogP contribution in [0.5, 0.6) is 0 Å². The lowest BCUT2D eigenvalue weighted by Crippen LogP contribution is -2.41. The summed E-state index contributed by atoms with van der Waals surface area (Å²) >= 11 is 0. The Morgan fingerprint density at radius 1 is 1.22 bits per heavy atom. The van der Waals surface area contributed by atoms with Crippen LogP contribution in [-0.4, -0.2) is 43.2 Å². The molecule has 18 heavy (non-hydrogen) atoms. The largest absolute Gasteiger partial charge is 0.338 e. The summed E-state index contributed by atoms with van der Waals surface area (Å²) in [6.07, 6.45) is 7.36. The number of amides is 2. The van der Waals surface area contributed by atoms with E-state index >= 15 is 0 Å². The zero-order chi connectivity index (χ0) is 13.2. The SMILES string of the molecule is CCCNC(=O)NCCCN1CCCCC1CC. The van der Waals surface area contributed by atoms with E-state index in [0.29, 0.717) is 0 Å². The third-order valence-electron chi connectivity index (χ3n) is 3.66. The first kappa shape index (κ1) is 15.3. The van der Waals surface area contributed by atoms with E-state index in [1.165, 1.54) is 32.2 Å². The smallest absolute Gasteiger partial charge is 0.314 e. The minimum Gasteiger partial charge on any atom is -0.338 e. The van der Waals surface area contributed by atoms with Crippen LogP contribution in [0.15, 0.2) is 0 Å². The maximum Gasteiger partial charge on any atom is 0.314 e. The highest BCUT2D eigenvalue weighted by atomic mass is 16.2. The van der Waals surface area contributed by atoms with Crippen molar-refractivity contribution in [1.29, 1.82) is 0 Å². The van der Waals surface area contributed by atoms with E-state index in [-0.39, 0.29) is 6.03 Å². The van der Waals surface area contributed by atoms with Crippen LogP contribution in [0.25, 0.3) is 0 Å². The number of nitrogens with zero attached hydrogens (tertiary/aromatic N) is 1. The average molecular weight is 255 g/mol. The van der Waals surface area contributed by atoms with Gasteiger partial charge in [0.05, 0.1) is 0 Å². The second-order valence-corrected chi connectivity index (χ2v) is 5.13. The van der Waals surface area contributed by atoms with E-state index in [1.54, 1.807) is 0 Å². The van der Waals surface area contributed by atoms with Gasteiger partial charge in [-0.2, -0.15) is 0 Å². The van der Waals surface area contributed by atoms with Gasteiger partial charge in [0.1, 0.15) is 0 Å². The van der Waals surface area contributed by atoms with Crippen LogP contribution < -0.4 is 10.6 Å². The summed E-state index contributed by atoms with van der Waals surface area (Å²) in [6, 6.07) is 0.746. The highest BCUT2D eigenvalue weighted by Crippen LogP contribution is 2.19. The zero-order valence-electron chi connectivity index (χ0n) is 12.0. The Bertz CT molecular complexity index is 233. The number of urea groups is 1. The lowest BCUT2D eigenvalue weighted by molar-refractivity contribution is 0.142. The monoisotopic (exact) mass is 255 g/mol. The minimum atomic E-state index is -0.0254. The Morgan fingerprint density at radius 3 is 2.72 bits per heavy atom. The van der Waals surface area contributed by atoms with Crippen LogP contribution in [0.4, 0.5) is 4.79 Å². The van der Waals surface area contributed by atoms with Crippen LogP contribution in [0, 0.1) is 0 Å². The Labute approximate surface area is 111 Å². The molecule has 0 aromatic carbocycles. The molecule has 1 heterocycles. The molecule has 1 saturated heterocycles. The molecular weight excluding hydrogens is 226 g/mol. The van der Waals surface area contributed by atoms with Crippen LogP contribution in [0.2, 0.25) is 0 Å². The molecule has 0 saturated carbocycles. The Morgan fingerprint density at radius 2 is 2.00 bits per heavy atom. The molecule has 4 heteroatoms. The zero-order valence-corrected chi connectivity index (χ0v) is 12.0. The Hall–Kier alpha value is -0.770. The molecule has 0 radical (unpaired) electrons. The third kappa shape index (κ3) is 5.71. The quantitative estimate of drug-likeness (QED) is 0.686. The van der Waals surface area contributed by atoms with Crippen molar-refractivity contribution < 1.29 is 4.79 Å². The fourth-order valence-electron chi connectivity index (χ4n) is 2.60. The van der Waals surface area contributed by atoms with Gasteiger partial charge in [-0.3, -0.25) is 0 Å². The van der Waals surface area contributed by atoms with Gasteiger partial charge < -0.3 is 15.5 Å². The van der Waals surface area contributed by atoms with Gasteiger partial charge in [0.15, 0.2) is 0 Å². The molecule has 1 aliphatic heterocycles. The molecule has 1 atom stereocenters. The summed E-state index contributed by atoms with van der Waals surface area (Å²) in [4.78, 5) is 13.9. The van der Waals surface area contributed by atoms with Crippen LogP contribution >= 0.6 is 0 Å². The van der Waals surface area contributed by atoms with Gasteiger partial charge in [-0.15, -0.1) is 0 Å². The molecule has 2 N–H and O–H groups in total. The lowest BCUT2D eigenvalue weighted by Gasteiger charge is -2.35. The van der Waals surface area contributed by atoms with Crippen molar-refractivity contribution in [2.24, 2.45) is 0 Å². The van der Waals surface area contributed by atoms with Crippen molar-refractivity contribution in [2.75, 3.05) is 26.2 Å². The molecule has 0 spiro atoms. The molecule has 0 aromatic rings. The van der Waals surface area contributed by atoms with Crippen LogP contribution in [0.3, 0.4) is 0 Å². The number of carbonyl (C=O) groups excluding carboxylic acids is 1. The molecular formula is C14H29N3O. The second-order valence-electron chi connectivity index (χ2n) is 5.13. The number of hydrogen-bond acceptors (Lipinski definition) is 2. The third-order valence-corrected chi connectivity index (χ3v) is 3.66. The van der Waals surface area contributed by atoms with E-state index in [1.807, 2.05) is 0 Å². The summed E-state index contributed by atoms with van der Waals surface area (Å²) in [5.74, 6) is 0. The predicted molar refractivity (Wildman–Crippen MR) is 75.8 cm³/mol. The maximum absolute atomic E-state index is 11.3. The number of nitrogens with one attached hydrogen (secondary N) is 2. The van der Waals surface area contributed by atoms with Crippen molar-refractivity contribution in [1.82, 2.24) is 15.5 Å². The van der Waals surface area contributed by atoms with E-state index in [9.17, 15) is 4.79 Å². The second kappa shape index (κ2) is 9.20. The maximum atomic E-state index is 11.3. The van der Waals surface area contributed by atoms with Gasteiger partial charge in [0.2, 0.25) is 0 Å². The normalized spacial score (nSPS) is 20.7. The molecule has 4 nitrogen and oxygen atoms in total. The summed E-state index contributed by atoms with van der Waals surface area (Å²) in [7, 11) is 0. The number of carbonyl (C=O) groups is 1. The predicted octanol–water partition coefficient (Wildman–Crippen LogP) is 2.35. The van der Waals surface area contributed by atoms with Crippen LogP contribution in [0.1, 0.15) is 52.4 Å². The highest BCUT2D eigenvalue weighted by molar-refractivity contribution is 5.73. The summed E-state index contributed by atoms with van der Waals surface area (Å²) in [5, 5.41) is 5.74. The van der Waals surface area contributed by atoms with Crippen molar-refractivity contribution in [3.8, 4) is 0 Å². The van der Waals surface area contributed by atoms with E-state index < -0.39 is 0 Å². The first-order valence-corrected chi connectivity index (χ1v) is 7.53. The molecule has 1 fully saturated rings. The molecule has 0 aromatic heterocycles. The molecule has 0 bridgehead atoms. The van der Waals surface area contributed by atoms with Crippen LogP contribution in [-0.2, 0) is 0 Å². The van der Waals surface area contributed by atoms with Gasteiger partial charge in [0, 0.05) is 25.7 Å². The number of likely N-dealkylation sites (tertiary alicyclic amines) is 1. The number of rotatable bonds is 7. The fraction of sp³-hybridized carbons (Fsp3) is 0.929. The molecule has 106 valence electrons. The topological polar surface area (TPSA) is 44.4 Å². The first-order chi connectivity index (χ1) is 8.77. The first-order valence-electron chi connectivity index (χ1n) is 7.53. The minimum absolute atomic E-state index is 0.0254. The van der Waals surface area contributed by atoms with Gasteiger partial charge in [-0.25, -0.2) is 4.79 Å². The fourth-order valence-corrected chi connectivity index (χ4v) is 2.60. The summed E-state index contributed by atoms with van der Waals surface area (Å²) in [6.45, 7) is 8.23. The van der Waals surface area contributed by atoms with Crippen molar-refractivity contribution in [3.05, 3.63) is 0 Å². The lowest BCUT2D eigenvalue weighted by atomic mass is 10.00. The Balaban J connectivity index is 2.07. The summed E-state index contributed by atoms with van der Waals surface area (Å²) in [5.41, 5.74) is 0. The molecule has 1 unspecified atom stereocenters. The molecule has 1 rings (SSSR count). The average Bonchev–Trinajstić information content (AvgIpc) is 2.41. The van der Waals surface area contributed by atoms with E-state index in [4.69, 9.17) is 0 Å². The van der Waals surface area contributed by atoms with E-state index in [2.05, 4.69) is 29.4 Å². The highest BCUT2D eigenvalue weighted by Gasteiger charge is 2.19. The van der Waals surface area contributed by atoms with Crippen molar-refractivity contribution in [3.63, 3.8) is 0 Å². The van der Waals surface area contributed by atoms with Crippen molar-refractivity contribution in [2.45, 2.75) is 58.4 Å². The Kier molecular flexibility index (Phi) is 7.81. The van der Waals surface area contributed by atoms with Crippen molar-refractivity contribution >= 4 is 6.03 Å². The standard InChI is InChI=1S/C14H29N3O/c1-3-9-15-14(18)16-10-7-12-17-11-6-5-8-13(17)4-2/h13H,3-12H2,1-2H3,(H2,15,16,18). The number of piperidine rings is 1. The summed E-state index contributed by atoms with van der Waals surface area (Å²) < 4.78 is 0. The molecule has 1 aliphatic rings.